The predicted molar refractivity (Wildman–Crippen MR) is 93.0 cm³/mol. The Bertz CT molecular complexity index is 818. The van der Waals surface area contributed by atoms with Gasteiger partial charge in [-0.05, 0) is 25.5 Å². The maximum Gasteiger partial charge on any atom is 0.277 e. The van der Waals surface area contributed by atoms with E-state index in [4.69, 9.17) is 4.42 Å². The lowest BCUT2D eigenvalue weighted by Gasteiger charge is -2.06. The van der Waals surface area contributed by atoms with E-state index in [1.807, 2.05) is 37.3 Å². The van der Waals surface area contributed by atoms with Crippen LogP contribution in [0.15, 0.2) is 40.0 Å². The Labute approximate surface area is 146 Å². The average Bonchev–Trinajstić information content (AvgIpc) is 3.25. The molecule has 0 unspecified atom stereocenters. The molecule has 0 bridgehead atoms. The molecule has 3 rings (SSSR count). The summed E-state index contributed by atoms with van der Waals surface area (Å²) in [5.41, 5.74) is 0.843. The third-order valence-corrected chi connectivity index (χ3v) is 4.99. The molecule has 1 aromatic carbocycles. The fourth-order valence-corrected chi connectivity index (χ4v) is 3.18. The van der Waals surface area contributed by atoms with Crippen molar-refractivity contribution in [3.05, 3.63) is 35.3 Å². The Morgan fingerprint density at radius 2 is 2.04 bits per heavy atom. The lowest BCUT2D eigenvalue weighted by molar-refractivity contribution is -0.115. The van der Waals surface area contributed by atoms with Crippen molar-refractivity contribution in [1.82, 2.24) is 20.4 Å². The summed E-state index contributed by atoms with van der Waals surface area (Å²) in [7, 11) is 0. The van der Waals surface area contributed by atoms with Gasteiger partial charge >= 0.3 is 0 Å². The molecule has 0 aliphatic carbocycles. The summed E-state index contributed by atoms with van der Waals surface area (Å²) in [6.07, 6.45) is 0.794. The van der Waals surface area contributed by atoms with Crippen molar-refractivity contribution >= 4 is 34.1 Å². The first kappa shape index (κ1) is 16.6. The second-order valence-corrected chi connectivity index (χ2v) is 7.20. The van der Waals surface area contributed by atoms with Gasteiger partial charge in [-0.15, -0.1) is 20.4 Å². The molecule has 0 saturated heterocycles. The van der Waals surface area contributed by atoms with Crippen molar-refractivity contribution in [3.63, 3.8) is 0 Å². The number of aromatic nitrogens is 4. The normalized spacial score (nSPS) is 12.1. The van der Waals surface area contributed by atoms with Crippen molar-refractivity contribution in [3.8, 4) is 11.5 Å². The minimum atomic E-state index is -0.400. The van der Waals surface area contributed by atoms with Crippen LogP contribution in [-0.2, 0) is 11.2 Å². The molecule has 124 valence electrons. The second-order valence-electron chi connectivity index (χ2n) is 4.84. The number of benzene rings is 1. The molecule has 0 saturated carbocycles. The molecule has 1 amide bonds. The topological polar surface area (TPSA) is 93.8 Å². The number of rotatable bonds is 6. The smallest absolute Gasteiger partial charge is 0.277 e. The second kappa shape index (κ2) is 7.54. The number of hydrogen-bond acceptors (Lipinski definition) is 8. The molecule has 0 aliphatic rings. The standard InChI is InChI=1S/C15H15N5O2S2/c1-3-11-17-19-14(24-11)16-12(21)9(2)23-15-20-18-13(22-15)10-7-5-4-6-8-10/h4-9H,3H2,1-2H3,(H,16,19,21)/t9-/m1/s1. The fourth-order valence-electron chi connectivity index (χ4n) is 1.81. The Morgan fingerprint density at radius 3 is 2.75 bits per heavy atom. The summed E-state index contributed by atoms with van der Waals surface area (Å²) >= 11 is 2.57. The monoisotopic (exact) mass is 361 g/mol. The van der Waals surface area contributed by atoms with E-state index in [1.165, 1.54) is 23.1 Å². The van der Waals surface area contributed by atoms with Crippen LogP contribution < -0.4 is 5.32 Å². The van der Waals surface area contributed by atoms with Crippen LogP contribution >= 0.6 is 23.1 Å². The largest absolute Gasteiger partial charge is 0.411 e. The molecule has 0 aliphatic heterocycles. The zero-order valence-corrected chi connectivity index (χ0v) is 14.7. The fraction of sp³-hybridized carbons (Fsp3) is 0.267. The van der Waals surface area contributed by atoms with Crippen molar-refractivity contribution in [2.24, 2.45) is 0 Å². The molecule has 24 heavy (non-hydrogen) atoms. The number of nitrogens with one attached hydrogen (secondary N) is 1. The van der Waals surface area contributed by atoms with Gasteiger partial charge in [0.1, 0.15) is 5.01 Å². The first-order valence-corrected chi connectivity index (χ1v) is 9.04. The first-order valence-electron chi connectivity index (χ1n) is 7.34. The first-order chi connectivity index (χ1) is 11.7. The Kier molecular flexibility index (Phi) is 5.21. The van der Waals surface area contributed by atoms with E-state index in [1.54, 1.807) is 6.92 Å². The van der Waals surface area contributed by atoms with Gasteiger partial charge in [0.05, 0.1) is 5.25 Å². The van der Waals surface area contributed by atoms with Crippen LogP contribution in [0.4, 0.5) is 5.13 Å². The van der Waals surface area contributed by atoms with E-state index in [9.17, 15) is 4.79 Å². The minimum absolute atomic E-state index is 0.182. The van der Waals surface area contributed by atoms with Crippen LogP contribution in [0.25, 0.3) is 11.5 Å². The number of anilines is 1. The van der Waals surface area contributed by atoms with Gasteiger partial charge in [-0.1, -0.05) is 48.2 Å². The predicted octanol–water partition coefficient (Wildman–Crippen LogP) is 3.27. The molecule has 0 radical (unpaired) electrons. The molecule has 2 aromatic heterocycles. The number of aryl methyl sites for hydroxylation is 1. The van der Waals surface area contributed by atoms with Crippen molar-refractivity contribution in [1.29, 1.82) is 0 Å². The quantitative estimate of drug-likeness (QED) is 0.673. The van der Waals surface area contributed by atoms with Crippen LogP contribution in [0, 0.1) is 0 Å². The van der Waals surface area contributed by atoms with E-state index in [-0.39, 0.29) is 5.91 Å². The van der Waals surface area contributed by atoms with Crippen LogP contribution in [0.1, 0.15) is 18.9 Å². The van der Waals surface area contributed by atoms with Crippen LogP contribution in [0.3, 0.4) is 0 Å². The van der Waals surface area contributed by atoms with Gasteiger partial charge < -0.3 is 4.42 Å². The molecule has 7 nitrogen and oxygen atoms in total. The van der Waals surface area contributed by atoms with E-state index in [0.29, 0.717) is 16.2 Å². The molecule has 3 aromatic rings. The lowest BCUT2D eigenvalue weighted by Crippen LogP contribution is -2.22. The Hall–Kier alpha value is -2.26. The van der Waals surface area contributed by atoms with Gasteiger partial charge in [-0.2, -0.15) is 0 Å². The van der Waals surface area contributed by atoms with E-state index in [2.05, 4.69) is 25.7 Å². The van der Waals surface area contributed by atoms with Gasteiger partial charge in [0.25, 0.3) is 5.22 Å². The van der Waals surface area contributed by atoms with E-state index >= 15 is 0 Å². The maximum absolute atomic E-state index is 12.2. The van der Waals surface area contributed by atoms with Crippen LogP contribution in [-0.4, -0.2) is 31.6 Å². The third-order valence-electron chi connectivity index (χ3n) is 3.07. The highest BCUT2D eigenvalue weighted by atomic mass is 32.2. The summed E-state index contributed by atoms with van der Waals surface area (Å²) in [5.74, 6) is 0.251. The summed E-state index contributed by atoms with van der Waals surface area (Å²) in [4.78, 5) is 12.2. The molecule has 0 fully saturated rings. The maximum atomic E-state index is 12.2. The number of nitrogens with zero attached hydrogens (tertiary/aromatic N) is 4. The lowest BCUT2D eigenvalue weighted by atomic mass is 10.2. The van der Waals surface area contributed by atoms with Crippen molar-refractivity contribution in [2.45, 2.75) is 30.7 Å². The third kappa shape index (κ3) is 3.98. The van der Waals surface area contributed by atoms with Crippen LogP contribution in [0.2, 0.25) is 0 Å². The molecule has 2 heterocycles. The molecule has 1 atom stereocenters. The van der Waals surface area contributed by atoms with Gasteiger partial charge in [0.2, 0.25) is 16.9 Å². The highest BCUT2D eigenvalue weighted by molar-refractivity contribution is 8.00. The Balaban J connectivity index is 1.61. The number of amides is 1. The number of carbonyl (C=O) groups excluding carboxylic acids is 1. The van der Waals surface area contributed by atoms with E-state index < -0.39 is 5.25 Å². The zero-order valence-electron chi connectivity index (χ0n) is 13.1. The zero-order chi connectivity index (χ0) is 16.9. The van der Waals surface area contributed by atoms with Gasteiger partial charge in [-0.3, -0.25) is 10.1 Å². The average molecular weight is 361 g/mol. The summed E-state index contributed by atoms with van der Waals surface area (Å²) in [6, 6.07) is 9.49. The number of thioether (sulfide) groups is 1. The van der Waals surface area contributed by atoms with Gasteiger partial charge in [0, 0.05) is 5.56 Å². The highest BCUT2D eigenvalue weighted by Gasteiger charge is 2.20. The summed E-state index contributed by atoms with van der Waals surface area (Å²) < 4.78 is 5.60. The van der Waals surface area contributed by atoms with Crippen molar-refractivity contribution < 1.29 is 9.21 Å². The molecule has 9 heteroatoms. The molecular weight excluding hydrogens is 346 g/mol. The molecular formula is C15H15N5O2S2. The summed E-state index contributed by atoms with van der Waals surface area (Å²) in [5, 5.41) is 20.0. The summed E-state index contributed by atoms with van der Waals surface area (Å²) in [6.45, 7) is 3.76. The Morgan fingerprint density at radius 1 is 1.25 bits per heavy atom. The minimum Gasteiger partial charge on any atom is -0.411 e. The van der Waals surface area contributed by atoms with E-state index in [0.717, 1.165) is 17.0 Å². The number of carbonyl (C=O) groups is 1. The van der Waals surface area contributed by atoms with Gasteiger partial charge in [-0.25, -0.2) is 0 Å². The molecule has 1 N–H and O–H groups in total. The van der Waals surface area contributed by atoms with Gasteiger partial charge in [0.15, 0.2) is 0 Å². The van der Waals surface area contributed by atoms with Crippen LogP contribution in [0.5, 0.6) is 0 Å². The SMILES string of the molecule is CCc1nnc(NC(=O)[C@@H](C)Sc2nnc(-c3ccccc3)o2)s1. The molecule has 0 spiro atoms. The van der Waals surface area contributed by atoms with Crippen molar-refractivity contribution in [2.75, 3.05) is 5.32 Å². The highest BCUT2D eigenvalue weighted by Crippen LogP contribution is 2.27. The number of hydrogen-bond donors (Lipinski definition) is 1.